The largest absolute Gasteiger partial charge is 0.489 e. The van der Waals surface area contributed by atoms with Crippen LogP contribution in [0.3, 0.4) is 0 Å². The second-order valence-electron chi connectivity index (χ2n) is 5.92. The minimum Gasteiger partial charge on any atom is -0.489 e. The van der Waals surface area contributed by atoms with Crippen molar-refractivity contribution >= 4 is 17.5 Å². The maximum absolute atomic E-state index is 12.5. The van der Waals surface area contributed by atoms with E-state index >= 15 is 0 Å². The molecule has 0 bridgehead atoms. The zero-order chi connectivity index (χ0) is 18.4. The molecule has 0 spiro atoms. The highest BCUT2D eigenvalue weighted by Crippen LogP contribution is 2.18. The Morgan fingerprint density at radius 1 is 1.15 bits per heavy atom. The van der Waals surface area contributed by atoms with Gasteiger partial charge in [-0.2, -0.15) is 0 Å². The van der Waals surface area contributed by atoms with E-state index in [1.165, 1.54) is 0 Å². The molecule has 3 aromatic rings. The molecule has 1 amide bonds. The highest BCUT2D eigenvalue weighted by Gasteiger charge is 2.12. The molecule has 132 valence electrons. The van der Waals surface area contributed by atoms with E-state index < -0.39 is 0 Å². The normalized spacial score (nSPS) is 11.6. The lowest BCUT2D eigenvalue weighted by molar-refractivity contribution is 0.0939. The van der Waals surface area contributed by atoms with Gasteiger partial charge in [0, 0.05) is 28.5 Å². The number of nitrogens with one attached hydrogen (secondary N) is 1. The van der Waals surface area contributed by atoms with Crippen LogP contribution >= 0.6 is 11.6 Å². The fourth-order valence-electron chi connectivity index (χ4n) is 2.49. The van der Waals surface area contributed by atoms with Crippen molar-refractivity contribution in [1.82, 2.24) is 10.3 Å². The molecule has 1 aromatic heterocycles. The summed E-state index contributed by atoms with van der Waals surface area (Å²) < 4.78 is 5.75. The van der Waals surface area contributed by atoms with Crippen molar-refractivity contribution in [2.24, 2.45) is 0 Å². The third-order valence-electron chi connectivity index (χ3n) is 3.94. The van der Waals surface area contributed by atoms with Gasteiger partial charge in [-0.05, 0) is 48.9 Å². The molecule has 0 saturated carbocycles. The highest BCUT2D eigenvalue weighted by molar-refractivity contribution is 6.30. The smallest absolute Gasteiger partial charge is 0.251 e. The summed E-state index contributed by atoms with van der Waals surface area (Å²) in [5.41, 5.74) is 2.51. The second-order valence-corrected chi connectivity index (χ2v) is 6.36. The van der Waals surface area contributed by atoms with Crippen LogP contribution in [0.25, 0.3) is 0 Å². The zero-order valence-corrected chi connectivity index (χ0v) is 15.1. The Morgan fingerprint density at radius 3 is 2.69 bits per heavy atom. The van der Waals surface area contributed by atoms with Gasteiger partial charge in [-0.15, -0.1) is 0 Å². The second kappa shape index (κ2) is 8.50. The molecule has 1 unspecified atom stereocenters. The summed E-state index contributed by atoms with van der Waals surface area (Å²) in [6.07, 6.45) is 3.47. The van der Waals surface area contributed by atoms with Crippen molar-refractivity contribution in [1.29, 1.82) is 0 Å². The molecule has 3 rings (SSSR count). The van der Waals surface area contributed by atoms with Crippen LogP contribution in [0.1, 0.15) is 34.5 Å². The SMILES string of the molecule is CC(NC(=O)c1cccc(OCc2cccnc2)c1)c1ccc(Cl)cc1. The van der Waals surface area contributed by atoms with E-state index in [-0.39, 0.29) is 11.9 Å². The van der Waals surface area contributed by atoms with Gasteiger partial charge in [0.25, 0.3) is 5.91 Å². The van der Waals surface area contributed by atoms with Crippen LogP contribution in [-0.2, 0) is 6.61 Å². The summed E-state index contributed by atoms with van der Waals surface area (Å²) in [4.78, 5) is 16.6. The van der Waals surface area contributed by atoms with Crippen LogP contribution < -0.4 is 10.1 Å². The number of aromatic nitrogens is 1. The number of carbonyl (C=O) groups is 1. The van der Waals surface area contributed by atoms with Gasteiger partial charge in [-0.25, -0.2) is 0 Å². The first-order chi connectivity index (χ1) is 12.6. The molecule has 0 fully saturated rings. The average Bonchev–Trinajstić information content (AvgIpc) is 2.68. The van der Waals surface area contributed by atoms with Crippen LogP contribution in [0.4, 0.5) is 0 Å². The van der Waals surface area contributed by atoms with Gasteiger partial charge in [0.2, 0.25) is 0 Å². The number of benzene rings is 2. The quantitative estimate of drug-likeness (QED) is 0.681. The van der Waals surface area contributed by atoms with Crippen molar-refractivity contribution in [2.45, 2.75) is 19.6 Å². The Kier molecular flexibility index (Phi) is 5.87. The molecule has 1 atom stereocenters. The van der Waals surface area contributed by atoms with E-state index in [1.807, 2.05) is 49.4 Å². The lowest BCUT2D eigenvalue weighted by Gasteiger charge is -2.15. The van der Waals surface area contributed by atoms with Crippen molar-refractivity contribution in [3.05, 3.63) is 94.8 Å². The van der Waals surface area contributed by atoms with E-state index in [9.17, 15) is 4.79 Å². The summed E-state index contributed by atoms with van der Waals surface area (Å²) >= 11 is 5.90. The van der Waals surface area contributed by atoms with Crippen LogP contribution in [0.2, 0.25) is 5.02 Å². The molecule has 5 heteroatoms. The summed E-state index contributed by atoms with van der Waals surface area (Å²) in [6.45, 7) is 2.34. The summed E-state index contributed by atoms with van der Waals surface area (Å²) in [6, 6.07) is 18.2. The van der Waals surface area contributed by atoms with Crippen molar-refractivity contribution in [2.75, 3.05) is 0 Å². The van der Waals surface area contributed by atoms with Crippen molar-refractivity contribution in [3.63, 3.8) is 0 Å². The number of hydrogen-bond donors (Lipinski definition) is 1. The fourth-order valence-corrected chi connectivity index (χ4v) is 2.62. The lowest BCUT2D eigenvalue weighted by Crippen LogP contribution is -2.26. The molecule has 26 heavy (non-hydrogen) atoms. The Morgan fingerprint density at radius 2 is 1.96 bits per heavy atom. The van der Waals surface area contributed by atoms with Gasteiger partial charge in [0.1, 0.15) is 12.4 Å². The van der Waals surface area contributed by atoms with E-state index in [0.29, 0.717) is 22.9 Å². The number of ether oxygens (including phenoxy) is 1. The van der Waals surface area contributed by atoms with Crippen molar-refractivity contribution in [3.8, 4) is 5.75 Å². The lowest BCUT2D eigenvalue weighted by atomic mass is 10.1. The predicted molar refractivity (Wildman–Crippen MR) is 102 cm³/mol. The highest BCUT2D eigenvalue weighted by atomic mass is 35.5. The van der Waals surface area contributed by atoms with E-state index in [1.54, 1.807) is 30.6 Å². The first kappa shape index (κ1) is 18.0. The van der Waals surface area contributed by atoms with Gasteiger partial charge in [0.15, 0.2) is 0 Å². The third kappa shape index (κ3) is 4.83. The Hall–Kier alpha value is -2.85. The predicted octanol–water partition coefficient (Wildman–Crippen LogP) is 4.81. The van der Waals surface area contributed by atoms with Crippen LogP contribution in [-0.4, -0.2) is 10.9 Å². The van der Waals surface area contributed by atoms with E-state index in [0.717, 1.165) is 11.1 Å². The standard InChI is InChI=1S/C21H19ClN2O2/c1-15(17-7-9-19(22)10-8-17)24-21(25)18-5-2-6-20(12-18)26-14-16-4-3-11-23-13-16/h2-13,15H,14H2,1H3,(H,24,25). The molecule has 1 N–H and O–H groups in total. The summed E-state index contributed by atoms with van der Waals surface area (Å²) in [7, 11) is 0. The van der Waals surface area contributed by atoms with Crippen LogP contribution in [0, 0.1) is 0 Å². The number of halogens is 1. The minimum atomic E-state index is -0.153. The van der Waals surface area contributed by atoms with Gasteiger partial charge in [-0.1, -0.05) is 35.9 Å². The molecule has 0 aliphatic carbocycles. The van der Waals surface area contributed by atoms with Gasteiger partial charge >= 0.3 is 0 Å². The first-order valence-electron chi connectivity index (χ1n) is 8.30. The number of nitrogens with zero attached hydrogens (tertiary/aromatic N) is 1. The Labute approximate surface area is 157 Å². The van der Waals surface area contributed by atoms with Gasteiger partial charge in [0.05, 0.1) is 6.04 Å². The molecule has 4 nitrogen and oxygen atoms in total. The fraction of sp³-hybridized carbons (Fsp3) is 0.143. The zero-order valence-electron chi connectivity index (χ0n) is 14.4. The Bertz CT molecular complexity index is 867. The van der Waals surface area contributed by atoms with Crippen molar-refractivity contribution < 1.29 is 9.53 Å². The molecule has 0 aliphatic rings. The molecule has 0 saturated heterocycles. The molecular weight excluding hydrogens is 348 g/mol. The maximum Gasteiger partial charge on any atom is 0.251 e. The van der Waals surface area contributed by atoms with Crippen LogP contribution in [0.5, 0.6) is 5.75 Å². The molecule has 1 heterocycles. The monoisotopic (exact) mass is 366 g/mol. The van der Waals surface area contributed by atoms with E-state index in [2.05, 4.69) is 10.3 Å². The van der Waals surface area contributed by atoms with E-state index in [4.69, 9.17) is 16.3 Å². The summed E-state index contributed by atoms with van der Waals surface area (Å²) in [5, 5.41) is 3.66. The first-order valence-corrected chi connectivity index (χ1v) is 8.68. The molecule has 2 aromatic carbocycles. The number of rotatable bonds is 6. The Balaban J connectivity index is 1.63. The van der Waals surface area contributed by atoms with Gasteiger partial charge < -0.3 is 10.1 Å². The maximum atomic E-state index is 12.5. The number of hydrogen-bond acceptors (Lipinski definition) is 3. The molecule has 0 radical (unpaired) electrons. The van der Waals surface area contributed by atoms with Crippen LogP contribution in [0.15, 0.2) is 73.1 Å². The topological polar surface area (TPSA) is 51.2 Å². The summed E-state index contributed by atoms with van der Waals surface area (Å²) in [5.74, 6) is 0.486. The minimum absolute atomic E-state index is 0.125. The van der Waals surface area contributed by atoms with Gasteiger partial charge in [-0.3, -0.25) is 9.78 Å². The number of carbonyl (C=O) groups excluding carboxylic acids is 1. The molecular formula is C21H19ClN2O2. The number of amides is 1. The number of pyridine rings is 1. The third-order valence-corrected chi connectivity index (χ3v) is 4.19. The molecule has 0 aliphatic heterocycles. The average molecular weight is 367 g/mol.